The monoisotopic (exact) mass is 371 g/mol. The quantitative estimate of drug-likeness (QED) is 0.771. The van der Waals surface area contributed by atoms with Crippen LogP contribution in [0.5, 0.6) is 11.5 Å². The van der Waals surface area contributed by atoms with Crippen LogP contribution in [0, 0.1) is 5.92 Å². The summed E-state index contributed by atoms with van der Waals surface area (Å²) in [6.45, 7) is 7.40. The minimum absolute atomic E-state index is 0.154. The van der Waals surface area contributed by atoms with Crippen LogP contribution >= 0.6 is 0 Å². The van der Waals surface area contributed by atoms with Crippen LogP contribution in [0.3, 0.4) is 0 Å². The highest BCUT2D eigenvalue weighted by atomic mass is 16.7. The van der Waals surface area contributed by atoms with Crippen LogP contribution in [0.1, 0.15) is 44.1 Å². The van der Waals surface area contributed by atoms with Crippen molar-refractivity contribution in [3.05, 3.63) is 41.7 Å². The number of fused-ring (bicyclic) bond motifs is 1. The largest absolute Gasteiger partial charge is 0.454 e. The second kappa shape index (κ2) is 8.31. The van der Waals surface area contributed by atoms with Crippen LogP contribution in [0.4, 0.5) is 0 Å². The molecule has 4 rings (SSSR count). The minimum Gasteiger partial charge on any atom is -0.454 e. The van der Waals surface area contributed by atoms with Gasteiger partial charge in [0.05, 0.1) is 5.69 Å². The van der Waals surface area contributed by atoms with Gasteiger partial charge in [-0.25, -0.2) is 0 Å². The molecule has 27 heavy (non-hydrogen) atoms. The average molecular weight is 371 g/mol. The third-order valence-corrected chi connectivity index (χ3v) is 5.59. The summed E-state index contributed by atoms with van der Waals surface area (Å²) in [5.41, 5.74) is 2.50. The molecule has 1 aromatic carbocycles. The van der Waals surface area contributed by atoms with Gasteiger partial charge >= 0.3 is 0 Å². The Kier molecular flexibility index (Phi) is 5.64. The molecule has 0 aliphatic carbocycles. The number of aryl methyl sites for hydroxylation is 2. The number of nitrogens with one attached hydrogen (secondary N) is 1. The zero-order valence-electron chi connectivity index (χ0n) is 16.2. The van der Waals surface area contributed by atoms with E-state index in [0.29, 0.717) is 18.8 Å². The third-order valence-electron chi connectivity index (χ3n) is 5.59. The zero-order valence-corrected chi connectivity index (χ0v) is 16.2. The molecule has 3 heterocycles. The molecule has 3 atom stereocenters. The van der Waals surface area contributed by atoms with E-state index in [0.717, 1.165) is 50.5 Å². The van der Waals surface area contributed by atoms with Crippen LogP contribution in [0.25, 0.3) is 0 Å². The van der Waals surface area contributed by atoms with Gasteiger partial charge in [-0.15, -0.1) is 0 Å². The molecule has 6 heteroatoms. The number of aromatic nitrogens is 2. The van der Waals surface area contributed by atoms with E-state index >= 15 is 0 Å². The summed E-state index contributed by atoms with van der Waals surface area (Å²) in [6.07, 6.45) is 5.24. The van der Waals surface area contributed by atoms with Gasteiger partial charge in [-0.3, -0.25) is 4.68 Å². The lowest BCUT2D eigenvalue weighted by Gasteiger charge is -2.22. The summed E-state index contributed by atoms with van der Waals surface area (Å²) >= 11 is 0. The Hall–Kier alpha value is -2.05. The van der Waals surface area contributed by atoms with E-state index in [1.807, 2.05) is 16.9 Å². The number of hydrogen-bond acceptors (Lipinski definition) is 5. The molecule has 2 aliphatic rings. The van der Waals surface area contributed by atoms with Crippen molar-refractivity contribution in [3.63, 3.8) is 0 Å². The number of hydrogen-bond donors (Lipinski definition) is 1. The number of ether oxygens (including phenoxy) is 3. The number of benzene rings is 1. The van der Waals surface area contributed by atoms with Gasteiger partial charge in [0.1, 0.15) is 6.10 Å². The van der Waals surface area contributed by atoms with E-state index in [9.17, 15) is 0 Å². The Morgan fingerprint density at radius 1 is 1.26 bits per heavy atom. The smallest absolute Gasteiger partial charge is 0.231 e. The van der Waals surface area contributed by atoms with Gasteiger partial charge in [0.25, 0.3) is 0 Å². The molecule has 0 bridgehead atoms. The van der Waals surface area contributed by atoms with Crippen molar-refractivity contribution in [2.75, 3.05) is 19.9 Å². The van der Waals surface area contributed by atoms with Crippen LogP contribution in [-0.4, -0.2) is 35.8 Å². The molecule has 6 nitrogen and oxygen atoms in total. The predicted octanol–water partition coefficient (Wildman–Crippen LogP) is 3.32. The first-order valence-corrected chi connectivity index (χ1v) is 10.00. The maximum atomic E-state index is 6.03. The predicted molar refractivity (Wildman–Crippen MR) is 103 cm³/mol. The molecule has 1 N–H and O–H groups in total. The van der Waals surface area contributed by atoms with Crippen molar-refractivity contribution in [1.29, 1.82) is 0 Å². The highest BCUT2D eigenvalue weighted by molar-refractivity contribution is 5.44. The third kappa shape index (κ3) is 4.12. The van der Waals surface area contributed by atoms with Gasteiger partial charge < -0.3 is 19.5 Å². The summed E-state index contributed by atoms with van der Waals surface area (Å²) in [4.78, 5) is 0. The van der Waals surface area contributed by atoms with Gasteiger partial charge in [0.2, 0.25) is 6.79 Å². The molecule has 0 amide bonds. The lowest BCUT2D eigenvalue weighted by atomic mass is 9.98. The maximum Gasteiger partial charge on any atom is 0.231 e. The molecule has 1 fully saturated rings. The molecule has 1 aromatic heterocycles. The molecule has 2 aliphatic heterocycles. The number of nitrogens with zero attached hydrogens (tertiary/aromatic N) is 2. The fraction of sp³-hybridized carbons (Fsp3) is 0.571. The van der Waals surface area contributed by atoms with Crippen molar-refractivity contribution < 1.29 is 14.2 Å². The fourth-order valence-corrected chi connectivity index (χ4v) is 3.95. The van der Waals surface area contributed by atoms with Gasteiger partial charge in [-0.2, -0.15) is 5.10 Å². The van der Waals surface area contributed by atoms with Crippen LogP contribution < -0.4 is 14.8 Å². The highest BCUT2D eigenvalue weighted by Crippen LogP contribution is 2.34. The summed E-state index contributed by atoms with van der Waals surface area (Å²) in [6, 6.07) is 8.78. The van der Waals surface area contributed by atoms with Gasteiger partial charge in [-0.05, 0) is 56.9 Å². The van der Waals surface area contributed by atoms with E-state index in [2.05, 4.69) is 42.5 Å². The second-order valence-corrected chi connectivity index (χ2v) is 7.45. The second-order valence-electron chi connectivity index (χ2n) is 7.45. The van der Waals surface area contributed by atoms with Crippen molar-refractivity contribution in [3.8, 4) is 11.5 Å². The van der Waals surface area contributed by atoms with Crippen LogP contribution in [-0.2, 0) is 17.7 Å². The standard InChI is InChI=1S/C21H29N3O3/c1-3-24-18(8-10-23-24)21-17(9-11-25-21)13-22-15(2)4-5-16-6-7-19-20(12-16)27-14-26-19/h6-8,10,12,15,17,21-22H,3-5,9,11,13-14H2,1-2H3/t15?,17-,21+/m0/s1. The maximum absolute atomic E-state index is 6.03. The lowest BCUT2D eigenvalue weighted by Crippen LogP contribution is -2.33. The Labute approximate surface area is 160 Å². The van der Waals surface area contributed by atoms with E-state index in [-0.39, 0.29) is 6.10 Å². The molecular formula is C21H29N3O3. The van der Waals surface area contributed by atoms with Crippen molar-refractivity contribution >= 4 is 0 Å². The topological polar surface area (TPSA) is 57.5 Å². The molecule has 2 aromatic rings. The molecule has 1 saturated heterocycles. The van der Waals surface area contributed by atoms with Gasteiger partial charge in [-0.1, -0.05) is 6.07 Å². The van der Waals surface area contributed by atoms with Gasteiger partial charge in [0.15, 0.2) is 11.5 Å². The first kappa shape index (κ1) is 18.3. The summed E-state index contributed by atoms with van der Waals surface area (Å²) in [5, 5.41) is 8.10. The Bertz CT molecular complexity index is 761. The van der Waals surface area contributed by atoms with Crippen LogP contribution in [0.15, 0.2) is 30.5 Å². The summed E-state index contributed by atoms with van der Waals surface area (Å²) < 4.78 is 18.9. The molecule has 0 radical (unpaired) electrons. The SMILES string of the molecule is CCn1nccc1[C@@H]1OCC[C@H]1CNC(C)CCc1ccc2c(c1)OCO2. The van der Waals surface area contributed by atoms with Gasteiger partial charge in [0, 0.05) is 37.9 Å². The van der Waals surface area contributed by atoms with Crippen molar-refractivity contribution in [2.24, 2.45) is 5.92 Å². The minimum atomic E-state index is 0.154. The first-order valence-electron chi connectivity index (χ1n) is 10.00. The Balaban J connectivity index is 1.27. The number of rotatable bonds is 8. The molecular weight excluding hydrogens is 342 g/mol. The van der Waals surface area contributed by atoms with E-state index in [1.54, 1.807) is 0 Å². The first-order chi connectivity index (χ1) is 13.2. The van der Waals surface area contributed by atoms with Crippen molar-refractivity contribution in [1.82, 2.24) is 15.1 Å². The van der Waals surface area contributed by atoms with E-state index in [1.165, 1.54) is 11.3 Å². The molecule has 0 saturated carbocycles. The lowest BCUT2D eigenvalue weighted by molar-refractivity contribution is 0.0824. The zero-order chi connectivity index (χ0) is 18.6. The summed E-state index contributed by atoms with van der Waals surface area (Å²) in [5.74, 6) is 2.22. The van der Waals surface area contributed by atoms with Crippen LogP contribution in [0.2, 0.25) is 0 Å². The molecule has 0 spiro atoms. The van der Waals surface area contributed by atoms with E-state index in [4.69, 9.17) is 14.2 Å². The Morgan fingerprint density at radius 3 is 3.04 bits per heavy atom. The Morgan fingerprint density at radius 2 is 2.15 bits per heavy atom. The summed E-state index contributed by atoms with van der Waals surface area (Å²) in [7, 11) is 0. The molecule has 1 unspecified atom stereocenters. The van der Waals surface area contributed by atoms with Crippen molar-refractivity contribution in [2.45, 2.75) is 51.8 Å². The molecule has 146 valence electrons. The average Bonchev–Trinajstić information content (AvgIpc) is 3.43. The highest BCUT2D eigenvalue weighted by Gasteiger charge is 2.31. The normalized spacial score (nSPS) is 22.3. The van der Waals surface area contributed by atoms with E-state index < -0.39 is 0 Å². The fourth-order valence-electron chi connectivity index (χ4n) is 3.95.